The molecule has 1 aliphatic carbocycles. The molecule has 0 amide bonds. The van der Waals surface area contributed by atoms with Crippen molar-refractivity contribution in [2.45, 2.75) is 19.3 Å². The molecule has 0 spiro atoms. The van der Waals surface area contributed by atoms with E-state index in [1.807, 2.05) is 0 Å². The van der Waals surface area contributed by atoms with Gasteiger partial charge in [0.25, 0.3) is 0 Å². The highest BCUT2D eigenvalue weighted by Crippen LogP contribution is 2.47. The molecule has 0 radical (unpaired) electrons. The summed E-state index contributed by atoms with van der Waals surface area (Å²) in [5.41, 5.74) is 0.0220. The number of aliphatic hydroxyl groups excluding tert-OH is 1. The van der Waals surface area contributed by atoms with E-state index in [-0.39, 0.29) is 23.7 Å². The average molecular weight is 242 g/mol. The Hall–Kier alpha value is 0.160. The van der Waals surface area contributed by atoms with Crippen LogP contribution in [0.15, 0.2) is 0 Å². The van der Waals surface area contributed by atoms with Crippen molar-refractivity contribution in [1.82, 2.24) is 4.72 Å². The Kier molecular flexibility index (Phi) is 4.18. The Morgan fingerprint density at radius 1 is 1.43 bits per heavy atom. The standard InChI is InChI=1S/C8H16ClNO3S/c9-4-6-14(12,13)10-7-8(1-2-8)3-5-11/h10-11H,1-7H2. The summed E-state index contributed by atoms with van der Waals surface area (Å²) in [4.78, 5) is 0. The van der Waals surface area contributed by atoms with Crippen LogP contribution in [0.4, 0.5) is 0 Å². The van der Waals surface area contributed by atoms with Gasteiger partial charge in [-0.3, -0.25) is 0 Å². The molecular formula is C8H16ClNO3S. The van der Waals surface area contributed by atoms with E-state index in [0.717, 1.165) is 12.8 Å². The summed E-state index contributed by atoms with van der Waals surface area (Å²) < 4.78 is 25.0. The molecule has 0 atom stereocenters. The van der Waals surface area contributed by atoms with Crippen molar-refractivity contribution in [3.05, 3.63) is 0 Å². The van der Waals surface area contributed by atoms with Gasteiger partial charge in [0, 0.05) is 19.0 Å². The topological polar surface area (TPSA) is 66.4 Å². The number of hydrogen-bond donors (Lipinski definition) is 2. The molecule has 0 aromatic heterocycles. The zero-order chi connectivity index (χ0) is 10.7. The van der Waals surface area contributed by atoms with Crippen molar-refractivity contribution >= 4 is 21.6 Å². The molecule has 0 bridgehead atoms. The Balaban J connectivity index is 2.33. The summed E-state index contributed by atoms with van der Waals surface area (Å²) in [6.07, 6.45) is 2.67. The fraction of sp³-hybridized carbons (Fsp3) is 1.00. The maximum absolute atomic E-state index is 11.3. The van der Waals surface area contributed by atoms with Crippen LogP contribution in [0.5, 0.6) is 0 Å². The van der Waals surface area contributed by atoms with Crippen molar-refractivity contribution in [2.75, 3.05) is 24.8 Å². The molecule has 0 aromatic carbocycles. The monoisotopic (exact) mass is 241 g/mol. The van der Waals surface area contributed by atoms with Crippen LogP contribution in [-0.2, 0) is 10.0 Å². The lowest BCUT2D eigenvalue weighted by Crippen LogP contribution is -2.32. The summed E-state index contributed by atoms with van der Waals surface area (Å²) in [5, 5.41) is 8.78. The molecule has 1 saturated carbocycles. The van der Waals surface area contributed by atoms with E-state index >= 15 is 0 Å². The first kappa shape index (κ1) is 12.2. The SMILES string of the molecule is O=S(=O)(CCCl)NCC1(CCO)CC1. The molecule has 1 aliphatic rings. The molecule has 6 heteroatoms. The number of nitrogens with one attached hydrogen (secondary N) is 1. The highest BCUT2D eigenvalue weighted by atomic mass is 35.5. The Morgan fingerprint density at radius 3 is 2.50 bits per heavy atom. The molecule has 0 saturated heterocycles. The van der Waals surface area contributed by atoms with Gasteiger partial charge in [-0.05, 0) is 24.7 Å². The van der Waals surface area contributed by atoms with Crippen molar-refractivity contribution < 1.29 is 13.5 Å². The summed E-state index contributed by atoms with van der Waals surface area (Å²) in [5.74, 6) is 0.0755. The van der Waals surface area contributed by atoms with Crippen LogP contribution in [0.3, 0.4) is 0 Å². The Morgan fingerprint density at radius 2 is 2.07 bits per heavy atom. The molecule has 4 nitrogen and oxygen atoms in total. The second-order valence-corrected chi connectivity index (χ2v) is 6.11. The van der Waals surface area contributed by atoms with Gasteiger partial charge in [-0.15, -0.1) is 11.6 Å². The highest BCUT2D eigenvalue weighted by molar-refractivity contribution is 7.89. The molecule has 0 aliphatic heterocycles. The van der Waals surface area contributed by atoms with Gasteiger partial charge < -0.3 is 5.11 Å². The zero-order valence-electron chi connectivity index (χ0n) is 8.00. The van der Waals surface area contributed by atoms with Gasteiger partial charge in [0.2, 0.25) is 10.0 Å². The largest absolute Gasteiger partial charge is 0.396 e. The number of hydrogen-bond acceptors (Lipinski definition) is 3. The van der Waals surface area contributed by atoms with Gasteiger partial charge in [0.1, 0.15) is 0 Å². The van der Waals surface area contributed by atoms with Crippen molar-refractivity contribution in [3.63, 3.8) is 0 Å². The molecule has 0 heterocycles. The first-order valence-electron chi connectivity index (χ1n) is 4.68. The van der Waals surface area contributed by atoms with Gasteiger partial charge in [-0.1, -0.05) is 0 Å². The van der Waals surface area contributed by atoms with E-state index < -0.39 is 10.0 Å². The molecule has 1 fully saturated rings. The number of sulfonamides is 1. The first-order valence-corrected chi connectivity index (χ1v) is 6.86. The number of rotatable bonds is 7. The highest BCUT2D eigenvalue weighted by Gasteiger charge is 2.42. The third-order valence-corrected chi connectivity index (χ3v) is 4.35. The van der Waals surface area contributed by atoms with Crippen LogP contribution in [0, 0.1) is 5.41 Å². The van der Waals surface area contributed by atoms with Crippen molar-refractivity contribution in [2.24, 2.45) is 5.41 Å². The van der Waals surface area contributed by atoms with Crippen LogP contribution in [-0.4, -0.2) is 38.3 Å². The van der Waals surface area contributed by atoms with Crippen LogP contribution < -0.4 is 4.72 Å². The van der Waals surface area contributed by atoms with Gasteiger partial charge in [-0.2, -0.15) is 0 Å². The second kappa shape index (κ2) is 4.79. The first-order chi connectivity index (χ1) is 6.54. The quantitative estimate of drug-likeness (QED) is 0.631. The van der Waals surface area contributed by atoms with Gasteiger partial charge in [0.05, 0.1) is 5.75 Å². The van der Waals surface area contributed by atoms with Gasteiger partial charge >= 0.3 is 0 Å². The predicted octanol–water partition coefficient (Wildman–Crippen LogP) is 0.307. The Bertz CT molecular complexity index is 274. The predicted molar refractivity (Wildman–Crippen MR) is 55.9 cm³/mol. The molecule has 84 valence electrons. The lowest BCUT2D eigenvalue weighted by Gasteiger charge is -2.14. The van der Waals surface area contributed by atoms with Crippen LogP contribution in [0.1, 0.15) is 19.3 Å². The minimum absolute atomic E-state index is 0.0220. The summed E-state index contributed by atoms with van der Waals surface area (Å²) in [6.45, 7) is 0.560. The number of aliphatic hydroxyl groups is 1. The van der Waals surface area contributed by atoms with Gasteiger partial charge in [0.15, 0.2) is 0 Å². The van der Waals surface area contributed by atoms with E-state index in [1.165, 1.54) is 0 Å². The van der Waals surface area contributed by atoms with Gasteiger partial charge in [-0.25, -0.2) is 13.1 Å². The lowest BCUT2D eigenvalue weighted by molar-refractivity contribution is 0.249. The maximum Gasteiger partial charge on any atom is 0.212 e. The van der Waals surface area contributed by atoms with Crippen LogP contribution >= 0.6 is 11.6 Å². The lowest BCUT2D eigenvalue weighted by atomic mass is 10.0. The van der Waals surface area contributed by atoms with Crippen molar-refractivity contribution in [3.8, 4) is 0 Å². The fourth-order valence-corrected chi connectivity index (χ4v) is 2.85. The summed E-state index contributed by atoms with van der Waals surface area (Å²) >= 11 is 5.35. The second-order valence-electron chi connectivity index (χ2n) is 3.80. The minimum atomic E-state index is -3.21. The molecular weight excluding hydrogens is 226 g/mol. The van der Waals surface area contributed by atoms with Crippen LogP contribution in [0.25, 0.3) is 0 Å². The third kappa shape index (κ3) is 3.73. The normalized spacial score (nSPS) is 19.6. The third-order valence-electron chi connectivity index (χ3n) is 2.61. The zero-order valence-corrected chi connectivity index (χ0v) is 9.57. The van der Waals surface area contributed by atoms with E-state index in [9.17, 15) is 8.42 Å². The minimum Gasteiger partial charge on any atom is -0.396 e. The van der Waals surface area contributed by atoms with E-state index in [4.69, 9.17) is 16.7 Å². The Labute approximate surface area is 89.7 Å². The van der Waals surface area contributed by atoms with Crippen LogP contribution in [0.2, 0.25) is 0 Å². The number of halogens is 1. The molecule has 0 aromatic rings. The van der Waals surface area contributed by atoms with E-state index in [0.29, 0.717) is 13.0 Å². The van der Waals surface area contributed by atoms with E-state index in [1.54, 1.807) is 0 Å². The molecule has 14 heavy (non-hydrogen) atoms. The molecule has 0 unspecified atom stereocenters. The maximum atomic E-state index is 11.3. The smallest absolute Gasteiger partial charge is 0.212 e. The molecule has 1 rings (SSSR count). The van der Waals surface area contributed by atoms with E-state index in [2.05, 4.69) is 4.72 Å². The number of alkyl halides is 1. The summed E-state index contributed by atoms with van der Waals surface area (Å²) in [6, 6.07) is 0. The molecule has 2 N–H and O–H groups in total. The summed E-state index contributed by atoms with van der Waals surface area (Å²) in [7, 11) is -3.21. The van der Waals surface area contributed by atoms with Crippen molar-refractivity contribution in [1.29, 1.82) is 0 Å². The average Bonchev–Trinajstić information content (AvgIpc) is 2.83. The fourth-order valence-electron chi connectivity index (χ4n) is 1.37.